The number of carbonyl (C=O) groups excluding carboxylic acids is 1. The van der Waals surface area contributed by atoms with Crippen molar-refractivity contribution in [1.29, 1.82) is 0 Å². The van der Waals surface area contributed by atoms with Gasteiger partial charge in [-0.15, -0.1) is 0 Å². The number of Topliss-reactive ketones (excluding diaryl/α,β-unsaturated/α-hetero) is 1. The monoisotopic (exact) mass is 293 g/mol. The van der Waals surface area contributed by atoms with E-state index in [1.54, 1.807) is 12.5 Å². The number of ketones is 1. The molecule has 3 atom stereocenters. The summed E-state index contributed by atoms with van der Waals surface area (Å²) in [6, 6.07) is 6.63. The van der Waals surface area contributed by atoms with Gasteiger partial charge < -0.3 is 5.32 Å². The van der Waals surface area contributed by atoms with Gasteiger partial charge in [0.1, 0.15) is 0 Å². The second-order valence-corrected chi connectivity index (χ2v) is 6.86. The molecule has 2 aliphatic carbocycles. The highest BCUT2D eigenvalue weighted by atomic mass is 16.1. The number of benzene rings is 1. The van der Waals surface area contributed by atoms with Gasteiger partial charge in [-0.25, -0.2) is 0 Å². The second-order valence-electron chi connectivity index (χ2n) is 6.86. The van der Waals surface area contributed by atoms with Crippen LogP contribution in [0, 0.1) is 5.92 Å². The van der Waals surface area contributed by atoms with Crippen LogP contribution in [0.1, 0.15) is 60.9 Å². The predicted octanol–water partition coefficient (Wildman–Crippen LogP) is 4.84. The molecule has 0 bridgehead atoms. The molecule has 2 nitrogen and oxygen atoms in total. The van der Waals surface area contributed by atoms with Crippen molar-refractivity contribution >= 4 is 11.5 Å². The fourth-order valence-corrected chi connectivity index (χ4v) is 4.33. The van der Waals surface area contributed by atoms with Crippen LogP contribution < -0.4 is 5.32 Å². The van der Waals surface area contributed by atoms with Crippen LogP contribution in [-0.2, 0) is 0 Å². The molecule has 0 fully saturated rings. The molecule has 2 heteroatoms. The van der Waals surface area contributed by atoms with Gasteiger partial charge in [0, 0.05) is 17.2 Å². The number of rotatable bonds is 2. The number of fused-ring (bicyclic) bond motifs is 3. The van der Waals surface area contributed by atoms with Crippen LogP contribution in [0.3, 0.4) is 0 Å². The summed E-state index contributed by atoms with van der Waals surface area (Å²) in [6.45, 7) is 1.65. The van der Waals surface area contributed by atoms with E-state index in [4.69, 9.17) is 0 Å². The van der Waals surface area contributed by atoms with Crippen molar-refractivity contribution in [3.63, 3.8) is 0 Å². The van der Waals surface area contributed by atoms with Crippen LogP contribution in [0.4, 0.5) is 5.69 Å². The lowest BCUT2D eigenvalue weighted by molar-refractivity contribution is 0.101. The molecule has 0 amide bonds. The van der Waals surface area contributed by atoms with Crippen molar-refractivity contribution < 1.29 is 4.79 Å². The second kappa shape index (κ2) is 5.42. The minimum absolute atomic E-state index is 0.151. The standard InChI is InChI=1S/C20H23NO/c1-13(22)15-10-11-19-18(12-15)16-8-5-9-17(16)20(21-19)14-6-3-2-4-7-14/h5-6,8,10-12,16-17,20-21H,2-4,7,9H2,1H3. The third-order valence-corrected chi connectivity index (χ3v) is 5.49. The molecule has 1 aromatic rings. The first-order valence-corrected chi connectivity index (χ1v) is 8.51. The summed E-state index contributed by atoms with van der Waals surface area (Å²) in [5, 5.41) is 3.78. The van der Waals surface area contributed by atoms with Crippen molar-refractivity contribution in [2.75, 3.05) is 5.32 Å². The number of hydrogen-bond acceptors (Lipinski definition) is 2. The van der Waals surface area contributed by atoms with Crippen LogP contribution in [0.25, 0.3) is 0 Å². The van der Waals surface area contributed by atoms with Crippen molar-refractivity contribution in [3.8, 4) is 0 Å². The number of allylic oxidation sites excluding steroid dienone is 3. The highest BCUT2D eigenvalue weighted by Gasteiger charge is 2.38. The summed E-state index contributed by atoms with van der Waals surface area (Å²) in [4.78, 5) is 11.7. The van der Waals surface area contributed by atoms with Crippen molar-refractivity contribution in [3.05, 3.63) is 53.1 Å². The molecule has 1 aliphatic heterocycles. The van der Waals surface area contributed by atoms with E-state index in [0.29, 0.717) is 17.9 Å². The zero-order valence-electron chi connectivity index (χ0n) is 13.1. The molecule has 0 saturated heterocycles. The Hall–Kier alpha value is -1.83. The predicted molar refractivity (Wildman–Crippen MR) is 90.4 cm³/mol. The lowest BCUT2D eigenvalue weighted by Crippen LogP contribution is -2.37. The van der Waals surface area contributed by atoms with Gasteiger partial charge in [0.15, 0.2) is 5.78 Å². The molecular weight excluding hydrogens is 270 g/mol. The van der Waals surface area contributed by atoms with Gasteiger partial charge in [-0.3, -0.25) is 4.79 Å². The minimum Gasteiger partial charge on any atom is -0.378 e. The molecule has 3 aliphatic rings. The zero-order chi connectivity index (χ0) is 15.1. The molecule has 3 unspecified atom stereocenters. The molecule has 114 valence electrons. The van der Waals surface area contributed by atoms with Crippen LogP contribution in [0.2, 0.25) is 0 Å². The van der Waals surface area contributed by atoms with Gasteiger partial charge in [-0.1, -0.05) is 23.8 Å². The molecule has 1 heterocycles. The maximum absolute atomic E-state index is 11.7. The van der Waals surface area contributed by atoms with Crippen molar-refractivity contribution in [2.24, 2.45) is 5.92 Å². The highest BCUT2D eigenvalue weighted by molar-refractivity contribution is 5.95. The van der Waals surface area contributed by atoms with Crippen LogP contribution in [0.5, 0.6) is 0 Å². The first-order valence-electron chi connectivity index (χ1n) is 8.51. The average molecular weight is 293 g/mol. The third-order valence-electron chi connectivity index (χ3n) is 5.49. The molecule has 0 aromatic heterocycles. The van der Waals surface area contributed by atoms with Gasteiger partial charge in [0.05, 0.1) is 6.04 Å². The van der Waals surface area contributed by atoms with E-state index in [1.807, 2.05) is 6.07 Å². The molecule has 1 aromatic carbocycles. The van der Waals surface area contributed by atoms with Crippen LogP contribution in [-0.4, -0.2) is 11.8 Å². The zero-order valence-corrected chi connectivity index (χ0v) is 13.1. The Kier molecular flexibility index (Phi) is 3.40. The van der Waals surface area contributed by atoms with E-state index >= 15 is 0 Å². The summed E-state index contributed by atoms with van der Waals surface area (Å²) in [6.07, 6.45) is 13.4. The Morgan fingerprint density at radius 2 is 2.18 bits per heavy atom. The van der Waals surface area contributed by atoms with E-state index in [1.165, 1.54) is 36.9 Å². The van der Waals surface area contributed by atoms with E-state index in [9.17, 15) is 4.79 Å². The number of hydrogen-bond donors (Lipinski definition) is 1. The van der Waals surface area contributed by atoms with Gasteiger partial charge in [0.25, 0.3) is 0 Å². The molecule has 22 heavy (non-hydrogen) atoms. The van der Waals surface area contributed by atoms with E-state index < -0.39 is 0 Å². The summed E-state index contributed by atoms with van der Waals surface area (Å²) < 4.78 is 0. The van der Waals surface area contributed by atoms with Crippen molar-refractivity contribution in [1.82, 2.24) is 0 Å². The number of anilines is 1. The van der Waals surface area contributed by atoms with E-state index in [-0.39, 0.29) is 5.78 Å². The Morgan fingerprint density at radius 1 is 1.27 bits per heavy atom. The maximum Gasteiger partial charge on any atom is 0.159 e. The Morgan fingerprint density at radius 3 is 2.95 bits per heavy atom. The summed E-state index contributed by atoms with van der Waals surface area (Å²) in [7, 11) is 0. The highest BCUT2D eigenvalue weighted by Crippen LogP contribution is 2.47. The van der Waals surface area contributed by atoms with E-state index in [2.05, 4.69) is 35.7 Å². The molecule has 0 saturated carbocycles. The molecular formula is C20H23NO. The number of nitrogens with one attached hydrogen (secondary N) is 1. The Labute approximate surface area is 132 Å². The first kappa shape index (κ1) is 13.8. The summed E-state index contributed by atoms with van der Waals surface area (Å²) >= 11 is 0. The van der Waals surface area contributed by atoms with Gasteiger partial charge >= 0.3 is 0 Å². The minimum atomic E-state index is 0.151. The fourth-order valence-electron chi connectivity index (χ4n) is 4.33. The smallest absolute Gasteiger partial charge is 0.159 e. The largest absolute Gasteiger partial charge is 0.378 e. The summed E-state index contributed by atoms with van der Waals surface area (Å²) in [5.74, 6) is 1.22. The van der Waals surface area contributed by atoms with Crippen molar-refractivity contribution in [2.45, 2.75) is 51.0 Å². The quantitative estimate of drug-likeness (QED) is 0.624. The van der Waals surface area contributed by atoms with Crippen LogP contribution in [0.15, 0.2) is 42.0 Å². The Balaban J connectivity index is 1.74. The lowest BCUT2D eigenvalue weighted by atomic mass is 9.74. The normalized spacial score (nSPS) is 29.3. The number of carbonyl (C=O) groups is 1. The van der Waals surface area contributed by atoms with Gasteiger partial charge in [0.2, 0.25) is 0 Å². The average Bonchev–Trinajstić information content (AvgIpc) is 3.04. The maximum atomic E-state index is 11.7. The Bertz CT molecular complexity index is 670. The van der Waals surface area contributed by atoms with Gasteiger partial charge in [-0.2, -0.15) is 0 Å². The summed E-state index contributed by atoms with van der Waals surface area (Å²) in [5.41, 5.74) is 4.95. The lowest BCUT2D eigenvalue weighted by Gasteiger charge is -2.39. The van der Waals surface area contributed by atoms with Gasteiger partial charge in [-0.05, 0) is 68.7 Å². The molecule has 0 radical (unpaired) electrons. The molecule has 0 spiro atoms. The molecule has 4 rings (SSSR count). The molecule has 1 N–H and O–H groups in total. The third kappa shape index (κ3) is 2.22. The van der Waals surface area contributed by atoms with Crippen LogP contribution >= 0.6 is 0 Å². The SMILES string of the molecule is CC(=O)c1ccc2c(c1)C1C=CCC1C(C1=CCCCC1)N2. The first-order chi connectivity index (χ1) is 10.7. The van der Waals surface area contributed by atoms with E-state index in [0.717, 1.165) is 12.0 Å². The topological polar surface area (TPSA) is 29.1 Å². The fraction of sp³-hybridized carbons (Fsp3) is 0.450.